The van der Waals surface area contributed by atoms with Crippen LogP contribution in [0.15, 0.2) is 21.8 Å². The summed E-state index contributed by atoms with van der Waals surface area (Å²) >= 11 is 3.99. The van der Waals surface area contributed by atoms with Gasteiger partial charge in [-0.25, -0.2) is 14.5 Å². The van der Waals surface area contributed by atoms with Gasteiger partial charge in [-0.05, 0) is 36.0 Å². The lowest BCUT2D eigenvalue weighted by atomic mass is 10.0. The Morgan fingerprint density at radius 1 is 1.24 bits per heavy atom. The minimum Gasteiger partial charge on any atom is -0.425 e. The van der Waals surface area contributed by atoms with Gasteiger partial charge in [-0.3, -0.25) is 19.3 Å². The summed E-state index contributed by atoms with van der Waals surface area (Å²) in [4.78, 5) is 59.4. The highest BCUT2D eigenvalue weighted by atomic mass is 35.5. The fourth-order valence-electron chi connectivity index (χ4n) is 4.35. The zero-order valence-electron chi connectivity index (χ0n) is 26.0. The van der Waals surface area contributed by atoms with Gasteiger partial charge < -0.3 is 25.4 Å². The second-order valence-electron chi connectivity index (χ2n) is 10.7. The molecule has 3 N–H and O–H groups in total. The lowest BCUT2D eigenvalue weighted by molar-refractivity contribution is -0.184. The number of thiazole rings is 1. The molecule has 2 aromatic heterocycles. The third kappa shape index (κ3) is 10.2. The molecule has 1 fully saturated rings. The smallest absolute Gasteiger partial charge is 0.358 e. The number of β-lactam (4-membered cyclic amide) rings is 1. The van der Waals surface area contributed by atoms with Crippen LogP contribution in [0.5, 0.6) is 0 Å². The Morgan fingerprint density at radius 2 is 1.98 bits per heavy atom. The van der Waals surface area contributed by atoms with Gasteiger partial charge in [0.15, 0.2) is 5.13 Å². The molecular weight excluding hydrogens is 701 g/mol. The molecule has 2 amide bonds. The Balaban J connectivity index is 0.00000368. The maximum Gasteiger partial charge on any atom is 0.358 e. The number of thioether (sulfide) groups is 2. The largest absolute Gasteiger partial charge is 0.425 e. The molecule has 4 atom stereocenters. The van der Waals surface area contributed by atoms with E-state index in [9.17, 15) is 19.2 Å². The van der Waals surface area contributed by atoms with Gasteiger partial charge in [0.1, 0.15) is 17.1 Å². The van der Waals surface area contributed by atoms with E-state index in [0.717, 1.165) is 13.0 Å². The van der Waals surface area contributed by atoms with Crippen LogP contribution in [0, 0.1) is 5.92 Å². The van der Waals surface area contributed by atoms with E-state index in [1.807, 2.05) is 32.8 Å². The van der Waals surface area contributed by atoms with Gasteiger partial charge in [0.25, 0.3) is 5.91 Å². The predicted octanol–water partition coefficient (Wildman–Crippen LogP) is 1.97. The molecule has 0 radical (unpaired) electrons. The maximum absolute atomic E-state index is 13.6. The number of hydrogen-bond donors (Lipinski definition) is 2. The normalized spacial score (nSPS) is 18.5. The summed E-state index contributed by atoms with van der Waals surface area (Å²) in [6.07, 6.45) is -0.182. The molecule has 46 heavy (non-hydrogen) atoms. The van der Waals surface area contributed by atoms with Crippen molar-refractivity contribution in [2.45, 2.75) is 69.4 Å². The predicted molar refractivity (Wildman–Crippen MR) is 180 cm³/mol. The van der Waals surface area contributed by atoms with E-state index in [4.69, 9.17) is 15.2 Å². The molecule has 0 bridgehead atoms. The number of carbonyl (C=O) groups excluding carboxylic acids is 4. The molecule has 0 spiro atoms. The topological polar surface area (TPSA) is 188 Å². The van der Waals surface area contributed by atoms with Gasteiger partial charge in [0.2, 0.25) is 17.4 Å². The number of nitrogens with two attached hydrogens (primary N) is 1. The number of anilines is 1. The molecule has 2 unspecified atom stereocenters. The number of nitrogens with one attached hydrogen (secondary N) is 1. The molecular formula is C26H39Cl2N9O6S3. The summed E-state index contributed by atoms with van der Waals surface area (Å²) < 4.78 is 12.5. The van der Waals surface area contributed by atoms with Crippen molar-refractivity contribution in [1.29, 1.82) is 0 Å². The second-order valence-corrected chi connectivity index (χ2v) is 13.7. The Hall–Kier alpha value is -2.64. The minimum absolute atomic E-state index is 0. The Kier molecular flexibility index (Phi) is 15.5. The number of halogens is 2. The van der Waals surface area contributed by atoms with E-state index >= 15 is 0 Å². The van der Waals surface area contributed by atoms with Crippen molar-refractivity contribution in [3.8, 4) is 0 Å². The number of amides is 2. The van der Waals surface area contributed by atoms with Gasteiger partial charge in [-0.1, -0.05) is 32.0 Å². The molecule has 2 aromatic rings. The van der Waals surface area contributed by atoms with Crippen LogP contribution < -0.4 is 11.1 Å². The van der Waals surface area contributed by atoms with Gasteiger partial charge in [0, 0.05) is 36.8 Å². The van der Waals surface area contributed by atoms with E-state index in [1.54, 1.807) is 10.1 Å². The first-order chi connectivity index (χ1) is 21.0. The third-order valence-electron chi connectivity index (χ3n) is 6.88. The Labute approximate surface area is 291 Å². The first kappa shape index (κ1) is 39.5. The Morgan fingerprint density at radius 3 is 2.63 bits per heavy atom. The number of rotatable bonds is 15. The van der Waals surface area contributed by atoms with Gasteiger partial charge in [-0.2, -0.15) is 0 Å². The van der Waals surface area contributed by atoms with Crippen LogP contribution in [0.1, 0.15) is 39.3 Å². The summed E-state index contributed by atoms with van der Waals surface area (Å²) in [6.45, 7) is 6.67. The van der Waals surface area contributed by atoms with E-state index < -0.39 is 35.6 Å². The molecule has 1 saturated heterocycles. The monoisotopic (exact) mass is 739 g/mol. The van der Waals surface area contributed by atoms with Crippen molar-refractivity contribution in [1.82, 2.24) is 40.3 Å². The highest BCUT2D eigenvalue weighted by Gasteiger charge is 2.54. The average Bonchev–Trinajstić information content (AvgIpc) is 3.60. The number of ether oxygens (including phenoxy) is 2. The SMILES string of the molecule is CCC(C)CC(=O)OC(C)OC(=O)C1=C(CSc2nnnn2CCN(C)C)CS[C@@H]2[C@H](NC(=O)Cc3csc(N)n3)C(=O)N12.Cl.Cl. The third-order valence-corrected chi connectivity index (χ3v) is 9.99. The molecule has 256 valence electrons. The van der Waals surface area contributed by atoms with Crippen LogP contribution in [0.4, 0.5) is 5.13 Å². The molecule has 15 nitrogen and oxygen atoms in total. The fourth-order valence-corrected chi connectivity index (χ4v) is 7.31. The summed E-state index contributed by atoms with van der Waals surface area (Å²) in [5.41, 5.74) is 6.88. The van der Waals surface area contributed by atoms with Crippen LogP contribution in [0.2, 0.25) is 0 Å². The number of likely N-dealkylation sites (N-methyl/N-ethyl adjacent to an activating group) is 1. The molecule has 4 heterocycles. The number of nitrogens with zero attached hydrogens (tertiary/aromatic N) is 7. The zero-order chi connectivity index (χ0) is 32.0. The summed E-state index contributed by atoms with van der Waals surface area (Å²) in [6, 6.07) is -0.829. The first-order valence-electron chi connectivity index (χ1n) is 14.1. The first-order valence-corrected chi connectivity index (χ1v) is 17.0. The number of hydrogen-bond acceptors (Lipinski definition) is 15. The number of esters is 2. The van der Waals surface area contributed by atoms with Crippen LogP contribution >= 0.6 is 59.7 Å². The van der Waals surface area contributed by atoms with E-state index in [0.29, 0.717) is 39.6 Å². The fraction of sp³-hybridized carbons (Fsp3) is 0.615. The standard InChI is InChI=1S/C26H37N9O6S3.2ClH/c1-6-14(2)9-19(37)40-15(3)41-24(39)21-16(12-44-26-30-31-32-34(26)8-7-33(4)5)11-42-23-20(22(38)35(21)23)29-18(36)10-17-13-43-25(27)28-17;;/h13-15,20,23H,6-12H2,1-5H3,(H2,27,28)(H,29,36);2*1H/t14?,15?,20-,23-;;/m1../s1. The molecule has 0 aliphatic carbocycles. The Bertz CT molecular complexity index is 1410. The molecule has 2 aliphatic heterocycles. The van der Waals surface area contributed by atoms with Crippen molar-refractivity contribution < 1.29 is 28.7 Å². The molecule has 0 saturated carbocycles. The van der Waals surface area contributed by atoms with E-state index in [1.165, 1.54) is 46.7 Å². The van der Waals surface area contributed by atoms with Crippen molar-refractivity contribution in [3.05, 3.63) is 22.3 Å². The van der Waals surface area contributed by atoms with E-state index in [-0.39, 0.29) is 55.2 Å². The molecule has 20 heteroatoms. The quantitative estimate of drug-likeness (QED) is 0.117. The van der Waals surface area contributed by atoms with Crippen molar-refractivity contribution in [3.63, 3.8) is 0 Å². The molecule has 2 aliphatic rings. The van der Waals surface area contributed by atoms with Gasteiger partial charge >= 0.3 is 11.9 Å². The number of fused-ring (bicyclic) bond motifs is 1. The van der Waals surface area contributed by atoms with Crippen molar-refractivity contribution in [2.75, 3.05) is 37.9 Å². The maximum atomic E-state index is 13.6. The summed E-state index contributed by atoms with van der Waals surface area (Å²) in [5, 5.41) is 16.8. The highest BCUT2D eigenvalue weighted by Crippen LogP contribution is 2.42. The van der Waals surface area contributed by atoms with Crippen LogP contribution in [-0.2, 0) is 41.6 Å². The number of tetrazole rings is 1. The van der Waals surface area contributed by atoms with Gasteiger partial charge in [0.05, 0.1) is 18.7 Å². The minimum atomic E-state index is -1.16. The average molecular weight is 741 g/mol. The number of aromatic nitrogens is 5. The highest BCUT2D eigenvalue weighted by molar-refractivity contribution is 8.01. The van der Waals surface area contributed by atoms with E-state index in [2.05, 4.69) is 25.8 Å². The van der Waals surface area contributed by atoms with Crippen molar-refractivity contribution >= 4 is 88.6 Å². The van der Waals surface area contributed by atoms with Crippen LogP contribution in [0.3, 0.4) is 0 Å². The van der Waals surface area contributed by atoms with Crippen molar-refractivity contribution in [2.24, 2.45) is 5.92 Å². The summed E-state index contributed by atoms with van der Waals surface area (Å²) in [5.74, 6) is -1.27. The number of carbonyl (C=O) groups is 4. The van der Waals surface area contributed by atoms with Crippen LogP contribution in [0.25, 0.3) is 0 Å². The number of nitrogen functional groups attached to an aromatic ring is 1. The molecule has 0 aromatic carbocycles. The lowest BCUT2D eigenvalue weighted by Crippen LogP contribution is -2.70. The second kappa shape index (κ2) is 18.1. The van der Waals surface area contributed by atoms with Crippen LogP contribution in [-0.4, -0.2) is 109 Å². The molecule has 4 rings (SSSR count). The van der Waals surface area contributed by atoms with Gasteiger partial charge in [-0.15, -0.1) is 53.0 Å². The summed E-state index contributed by atoms with van der Waals surface area (Å²) in [7, 11) is 3.90. The zero-order valence-corrected chi connectivity index (χ0v) is 30.1. The lowest BCUT2D eigenvalue weighted by Gasteiger charge is -2.49.